The summed E-state index contributed by atoms with van der Waals surface area (Å²) in [6.07, 6.45) is 2.06. The Bertz CT molecular complexity index is 441. The first-order chi connectivity index (χ1) is 7.75. The van der Waals surface area contributed by atoms with Crippen LogP contribution >= 0.6 is 0 Å². The Morgan fingerprint density at radius 2 is 2.25 bits per heavy atom. The third-order valence-corrected chi connectivity index (χ3v) is 3.04. The van der Waals surface area contributed by atoms with E-state index >= 15 is 0 Å². The minimum absolute atomic E-state index is 0.231. The Kier molecular flexibility index (Phi) is 2.02. The second-order valence-corrected chi connectivity index (χ2v) is 4.34. The molecule has 1 aromatic rings. The van der Waals surface area contributed by atoms with E-state index in [1.54, 1.807) is 12.1 Å². The molecular weight excluding hydrogens is 204 g/mol. The number of benzene rings is 1. The van der Waals surface area contributed by atoms with Crippen LogP contribution in [0.2, 0.25) is 0 Å². The monoisotopic (exact) mass is 218 g/mol. The lowest BCUT2D eigenvalue weighted by Crippen LogP contribution is -2.38. The smallest absolute Gasteiger partial charge is 0.230 e. The highest BCUT2D eigenvalue weighted by molar-refractivity contribution is 5.98. The van der Waals surface area contributed by atoms with Crippen molar-refractivity contribution in [1.82, 2.24) is 0 Å². The van der Waals surface area contributed by atoms with Gasteiger partial charge >= 0.3 is 0 Å². The maximum absolute atomic E-state index is 12.0. The molecule has 0 saturated heterocycles. The summed E-state index contributed by atoms with van der Waals surface area (Å²) in [5.74, 6) is 1.19. The number of hydrogen-bond donors (Lipinski definition) is 1. The summed E-state index contributed by atoms with van der Waals surface area (Å²) in [5.41, 5.74) is 7.22. The van der Waals surface area contributed by atoms with E-state index in [0.29, 0.717) is 18.8 Å². The highest BCUT2D eigenvalue weighted by atomic mass is 16.5. The Hall–Kier alpha value is -1.71. The fourth-order valence-corrected chi connectivity index (χ4v) is 2.02. The number of hydrogen-bond acceptors (Lipinski definition) is 3. The third-order valence-electron chi connectivity index (χ3n) is 3.04. The molecule has 1 fully saturated rings. The highest BCUT2D eigenvalue weighted by Gasteiger charge is 2.35. The number of nitrogens with two attached hydrogens (primary N) is 1. The molecule has 0 unspecified atom stereocenters. The number of nitrogens with zero attached hydrogens (tertiary/aromatic N) is 1. The van der Waals surface area contributed by atoms with Crippen molar-refractivity contribution in [3.63, 3.8) is 0 Å². The minimum Gasteiger partial charge on any atom is -0.489 e. The first-order valence-electron chi connectivity index (χ1n) is 5.59. The van der Waals surface area contributed by atoms with Crippen molar-refractivity contribution >= 4 is 17.3 Å². The summed E-state index contributed by atoms with van der Waals surface area (Å²) in [7, 11) is 0. The molecule has 84 valence electrons. The molecule has 1 aliphatic heterocycles. The van der Waals surface area contributed by atoms with Gasteiger partial charge < -0.3 is 15.4 Å². The van der Waals surface area contributed by atoms with Crippen molar-refractivity contribution in [2.24, 2.45) is 5.92 Å². The van der Waals surface area contributed by atoms with Crippen molar-refractivity contribution < 1.29 is 9.53 Å². The predicted octanol–water partition coefficient (Wildman–Crippen LogP) is 1.40. The number of carbonyl (C=O) groups excluding carboxylic acids is 1. The van der Waals surface area contributed by atoms with Crippen LogP contribution in [0.1, 0.15) is 12.8 Å². The molecule has 0 atom stereocenters. The molecule has 1 aromatic carbocycles. The van der Waals surface area contributed by atoms with Crippen LogP contribution in [0.3, 0.4) is 0 Å². The standard InChI is InChI=1S/C12H14N2O2/c13-9-3-4-10-11(7-9)16-6-5-14(10)12(15)8-1-2-8/h3-4,7-8H,1-2,5-6,13H2. The van der Waals surface area contributed by atoms with Crippen LogP contribution in [0.15, 0.2) is 18.2 Å². The van der Waals surface area contributed by atoms with Gasteiger partial charge in [0.05, 0.1) is 12.2 Å². The summed E-state index contributed by atoms with van der Waals surface area (Å²) in [4.78, 5) is 13.9. The lowest BCUT2D eigenvalue weighted by Gasteiger charge is -2.29. The lowest BCUT2D eigenvalue weighted by molar-refractivity contribution is -0.120. The van der Waals surface area contributed by atoms with E-state index in [1.807, 2.05) is 11.0 Å². The van der Waals surface area contributed by atoms with Gasteiger partial charge in [-0.1, -0.05) is 0 Å². The normalized spacial score (nSPS) is 18.9. The van der Waals surface area contributed by atoms with Crippen molar-refractivity contribution in [2.45, 2.75) is 12.8 Å². The van der Waals surface area contributed by atoms with Gasteiger partial charge in [0, 0.05) is 17.7 Å². The molecule has 0 aromatic heterocycles. The maximum Gasteiger partial charge on any atom is 0.230 e. The number of ether oxygens (including phenoxy) is 1. The number of carbonyl (C=O) groups is 1. The third kappa shape index (κ3) is 1.50. The minimum atomic E-state index is 0.231. The molecule has 1 aliphatic carbocycles. The van der Waals surface area contributed by atoms with Gasteiger partial charge in [0.1, 0.15) is 12.4 Å². The van der Waals surface area contributed by atoms with Gasteiger partial charge in [-0.25, -0.2) is 0 Å². The van der Waals surface area contributed by atoms with Crippen LogP contribution in [0.4, 0.5) is 11.4 Å². The summed E-state index contributed by atoms with van der Waals surface area (Å²) in [5, 5.41) is 0. The maximum atomic E-state index is 12.0. The van der Waals surface area contributed by atoms with E-state index in [2.05, 4.69) is 0 Å². The summed E-state index contributed by atoms with van der Waals surface area (Å²) < 4.78 is 5.51. The molecule has 0 spiro atoms. The Labute approximate surface area is 94.0 Å². The fourth-order valence-electron chi connectivity index (χ4n) is 2.02. The van der Waals surface area contributed by atoms with E-state index in [-0.39, 0.29) is 11.8 Å². The van der Waals surface area contributed by atoms with Gasteiger partial charge in [-0.3, -0.25) is 4.79 Å². The molecule has 16 heavy (non-hydrogen) atoms. The van der Waals surface area contributed by atoms with Gasteiger partial charge in [0.2, 0.25) is 5.91 Å². The van der Waals surface area contributed by atoms with E-state index in [0.717, 1.165) is 24.3 Å². The van der Waals surface area contributed by atoms with Gasteiger partial charge in [0.15, 0.2) is 0 Å². The molecule has 4 heteroatoms. The van der Waals surface area contributed by atoms with Crippen LogP contribution in [0.25, 0.3) is 0 Å². The Balaban J connectivity index is 1.95. The average molecular weight is 218 g/mol. The van der Waals surface area contributed by atoms with E-state index in [9.17, 15) is 4.79 Å². The van der Waals surface area contributed by atoms with Crippen molar-refractivity contribution in [3.05, 3.63) is 18.2 Å². The zero-order valence-electron chi connectivity index (χ0n) is 8.98. The average Bonchev–Trinajstić information content (AvgIpc) is 3.10. The first kappa shape index (κ1) is 9.51. The SMILES string of the molecule is Nc1ccc2c(c1)OCCN2C(=O)C1CC1. The zero-order chi connectivity index (χ0) is 11.1. The molecule has 2 aliphatic rings. The molecule has 1 amide bonds. The van der Waals surface area contributed by atoms with Gasteiger partial charge in [0.25, 0.3) is 0 Å². The predicted molar refractivity (Wildman–Crippen MR) is 61.4 cm³/mol. The largest absolute Gasteiger partial charge is 0.489 e. The summed E-state index contributed by atoms with van der Waals surface area (Å²) in [6, 6.07) is 5.45. The van der Waals surface area contributed by atoms with E-state index in [4.69, 9.17) is 10.5 Å². The first-order valence-corrected chi connectivity index (χ1v) is 5.59. The van der Waals surface area contributed by atoms with Gasteiger partial charge in [-0.2, -0.15) is 0 Å². The van der Waals surface area contributed by atoms with Crippen LogP contribution < -0.4 is 15.4 Å². The van der Waals surface area contributed by atoms with Gasteiger partial charge in [-0.05, 0) is 25.0 Å². The van der Waals surface area contributed by atoms with Crippen molar-refractivity contribution in [3.8, 4) is 5.75 Å². The highest BCUT2D eigenvalue weighted by Crippen LogP contribution is 2.38. The molecular formula is C12H14N2O2. The Morgan fingerprint density at radius 3 is 3.00 bits per heavy atom. The Morgan fingerprint density at radius 1 is 1.44 bits per heavy atom. The molecule has 0 bridgehead atoms. The molecule has 4 nitrogen and oxygen atoms in total. The van der Waals surface area contributed by atoms with Crippen LogP contribution in [0.5, 0.6) is 5.75 Å². The van der Waals surface area contributed by atoms with Crippen molar-refractivity contribution in [2.75, 3.05) is 23.8 Å². The van der Waals surface area contributed by atoms with Crippen LogP contribution in [-0.2, 0) is 4.79 Å². The lowest BCUT2D eigenvalue weighted by atomic mass is 10.2. The van der Waals surface area contributed by atoms with Crippen LogP contribution in [-0.4, -0.2) is 19.1 Å². The van der Waals surface area contributed by atoms with Crippen molar-refractivity contribution in [1.29, 1.82) is 0 Å². The second-order valence-electron chi connectivity index (χ2n) is 4.34. The summed E-state index contributed by atoms with van der Waals surface area (Å²) >= 11 is 0. The molecule has 1 heterocycles. The fraction of sp³-hybridized carbons (Fsp3) is 0.417. The number of nitrogen functional groups attached to an aromatic ring is 1. The van der Waals surface area contributed by atoms with E-state index < -0.39 is 0 Å². The number of anilines is 2. The molecule has 2 N–H and O–H groups in total. The quantitative estimate of drug-likeness (QED) is 0.725. The number of rotatable bonds is 1. The topological polar surface area (TPSA) is 55.6 Å². The zero-order valence-corrected chi connectivity index (χ0v) is 8.98. The van der Waals surface area contributed by atoms with E-state index in [1.165, 1.54) is 0 Å². The second kappa shape index (κ2) is 3.40. The molecule has 0 radical (unpaired) electrons. The number of amides is 1. The number of fused-ring (bicyclic) bond motifs is 1. The molecule has 1 saturated carbocycles. The van der Waals surface area contributed by atoms with Gasteiger partial charge in [-0.15, -0.1) is 0 Å². The van der Waals surface area contributed by atoms with Crippen LogP contribution in [0, 0.1) is 5.92 Å². The summed E-state index contributed by atoms with van der Waals surface area (Å²) in [6.45, 7) is 1.20. The molecule has 3 rings (SSSR count).